The first-order valence-electron chi connectivity index (χ1n) is 6.78. The summed E-state index contributed by atoms with van der Waals surface area (Å²) >= 11 is 0. The number of rotatable bonds is 6. The molecule has 2 N–H and O–H groups in total. The average Bonchev–Trinajstić information content (AvgIpc) is 2.53. The molecule has 0 heterocycles. The summed E-state index contributed by atoms with van der Waals surface area (Å²) in [5.74, 6) is 0. The van der Waals surface area contributed by atoms with Gasteiger partial charge in [0.05, 0.1) is 11.0 Å². The van der Waals surface area contributed by atoms with Crippen molar-refractivity contribution in [1.82, 2.24) is 5.32 Å². The van der Waals surface area contributed by atoms with Crippen LogP contribution in [0.25, 0.3) is 0 Å². The molecular weight excluding hydrogens is 268 g/mol. The van der Waals surface area contributed by atoms with E-state index in [0.717, 1.165) is 5.56 Å². The lowest BCUT2D eigenvalue weighted by Gasteiger charge is -2.17. The molecule has 0 saturated carbocycles. The van der Waals surface area contributed by atoms with Gasteiger partial charge in [0.1, 0.15) is 0 Å². The van der Waals surface area contributed by atoms with Gasteiger partial charge in [-0.3, -0.25) is 10.1 Å². The van der Waals surface area contributed by atoms with Gasteiger partial charge in [-0.05, 0) is 30.2 Å². The smallest absolute Gasteiger partial charge is 0.269 e. The second-order valence-electron chi connectivity index (χ2n) is 4.91. The van der Waals surface area contributed by atoms with Gasteiger partial charge in [-0.2, -0.15) is 0 Å². The van der Waals surface area contributed by atoms with Crippen LogP contribution in [0.15, 0.2) is 54.6 Å². The van der Waals surface area contributed by atoms with Crippen molar-refractivity contribution in [3.05, 3.63) is 75.8 Å². The van der Waals surface area contributed by atoms with E-state index in [0.29, 0.717) is 12.1 Å². The fraction of sp³-hybridized carbons (Fsp3) is 0.250. The van der Waals surface area contributed by atoms with E-state index in [2.05, 4.69) is 5.32 Å². The van der Waals surface area contributed by atoms with E-state index in [-0.39, 0.29) is 11.7 Å². The van der Waals surface area contributed by atoms with Crippen LogP contribution in [0.2, 0.25) is 0 Å². The Hall–Kier alpha value is -2.24. The molecule has 0 aliphatic heterocycles. The van der Waals surface area contributed by atoms with Crippen molar-refractivity contribution in [3.63, 3.8) is 0 Å². The minimum absolute atomic E-state index is 0.0246. The monoisotopic (exact) mass is 286 g/mol. The van der Waals surface area contributed by atoms with Crippen molar-refractivity contribution in [2.24, 2.45) is 0 Å². The first-order chi connectivity index (χ1) is 10.1. The Morgan fingerprint density at radius 3 is 2.29 bits per heavy atom. The predicted molar refractivity (Wildman–Crippen MR) is 80.9 cm³/mol. The highest BCUT2D eigenvalue weighted by atomic mass is 16.6. The Morgan fingerprint density at radius 2 is 1.71 bits per heavy atom. The maximum Gasteiger partial charge on any atom is 0.269 e. The molecule has 2 aromatic rings. The molecule has 0 fully saturated rings. The van der Waals surface area contributed by atoms with Crippen molar-refractivity contribution < 1.29 is 10.0 Å². The molecule has 0 radical (unpaired) electrons. The van der Waals surface area contributed by atoms with Gasteiger partial charge in [-0.15, -0.1) is 0 Å². The number of nitro groups is 1. The minimum atomic E-state index is -0.697. The fourth-order valence-electron chi connectivity index (χ4n) is 2.08. The van der Waals surface area contributed by atoms with Crippen LogP contribution in [0.1, 0.15) is 30.2 Å². The summed E-state index contributed by atoms with van der Waals surface area (Å²) < 4.78 is 0. The van der Waals surface area contributed by atoms with Crippen LogP contribution in [0.3, 0.4) is 0 Å². The summed E-state index contributed by atoms with van der Waals surface area (Å²) in [6.07, 6.45) is -0.697. The van der Waals surface area contributed by atoms with Crippen molar-refractivity contribution in [1.29, 1.82) is 0 Å². The van der Waals surface area contributed by atoms with E-state index >= 15 is 0 Å². The Morgan fingerprint density at radius 1 is 1.10 bits per heavy atom. The molecule has 5 heteroatoms. The first kappa shape index (κ1) is 15.2. The molecule has 2 aromatic carbocycles. The predicted octanol–water partition coefficient (Wildman–Crippen LogP) is 2.98. The summed E-state index contributed by atoms with van der Waals surface area (Å²) in [7, 11) is 0. The van der Waals surface area contributed by atoms with Crippen LogP contribution in [0, 0.1) is 10.1 Å². The fourth-order valence-corrected chi connectivity index (χ4v) is 2.08. The highest BCUT2D eigenvalue weighted by Gasteiger charge is 2.12. The molecule has 0 aliphatic carbocycles. The number of hydrogen-bond acceptors (Lipinski definition) is 4. The normalized spacial score (nSPS) is 13.6. The number of nitrogens with one attached hydrogen (secondary N) is 1. The second-order valence-corrected chi connectivity index (χ2v) is 4.91. The van der Waals surface area contributed by atoms with Gasteiger partial charge in [0.25, 0.3) is 5.69 Å². The van der Waals surface area contributed by atoms with Crippen molar-refractivity contribution in [2.45, 2.75) is 19.1 Å². The Bertz CT molecular complexity index is 584. The number of nitro benzene ring substituents is 1. The third-order valence-corrected chi connectivity index (χ3v) is 3.41. The standard InChI is InChI=1S/C16H18N2O3/c1-12(13-5-3-2-4-6-13)17-11-16(19)14-7-9-15(10-8-14)18(20)21/h2-10,12,16-17,19H,11H2,1H3/t12?,16-/m1/s1. The number of non-ortho nitro benzene ring substituents is 1. The van der Waals surface area contributed by atoms with Gasteiger partial charge in [0.15, 0.2) is 0 Å². The largest absolute Gasteiger partial charge is 0.387 e. The summed E-state index contributed by atoms with van der Waals surface area (Å²) in [5, 5.41) is 23.9. The van der Waals surface area contributed by atoms with E-state index in [1.54, 1.807) is 12.1 Å². The van der Waals surface area contributed by atoms with Gasteiger partial charge in [0, 0.05) is 24.7 Å². The van der Waals surface area contributed by atoms with Gasteiger partial charge in [-0.1, -0.05) is 30.3 Å². The number of benzene rings is 2. The van der Waals surface area contributed by atoms with E-state index < -0.39 is 11.0 Å². The van der Waals surface area contributed by atoms with Crippen LogP contribution in [-0.4, -0.2) is 16.6 Å². The lowest BCUT2D eigenvalue weighted by Crippen LogP contribution is -2.24. The molecule has 2 atom stereocenters. The Kier molecular flexibility index (Phi) is 5.03. The van der Waals surface area contributed by atoms with E-state index in [1.807, 2.05) is 37.3 Å². The zero-order chi connectivity index (χ0) is 15.2. The molecule has 2 rings (SSSR count). The van der Waals surface area contributed by atoms with Crippen molar-refractivity contribution in [2.75, 3.05) is 6.54 Å². The van der Waals surface area contributed by atoms with Gasteiger partial charge in [-0.25, -0.2) is 0 Å². The first-order valence-corrected chi connectivity index (χ1v) is 6.78. The maximum absolute atomic E-state index is 10.6. The molecule has 0 bridgehead atoms. The van der Waals surface area contributed by atoms with Gasteiger partial charge in [0.2, 0.25) is 0 Å². The zero-order valence-corrected chi connectivity index (χ0v) is 11.8. The SMILES string of the molecule is CC(NC[C@@H](O)c1ccc([N+](=O)[O-])cc1)c1ccccc1. The van der Waals surface area contributed by atoms with Crippen molar-refractivity contribution in [3.8, 4) is 0 Å². The molecule has 0 spiro atoms. The molecular formula is C16H18N2O3. The van der Waals surface area contributed by atoms with E-state index in [4.69, 9.17) is 0 Å². The highest BCUT2D eigenvalue weighted by Crippen LogP contribution is 2.18. The average molecular weight is 286 g/mol. The second kappa shape index (κ2) is 6.97. The van der Waals surface area contributed by atoms with E-state index in [9.17, 15) is 15.2 Å². The molecule has 1 unspecified atom stereocenters. The summed E-state index contributed by atoms with van der Waals surface area (Å²) in [4.78, 5) is 10.1. The van der Waals surface area contributed by atoms with Gasteiger partial charge < -0.3 is 10.4 Å². The summed E-state index contributed by atoms with van der Waals surface area (Å²) in [5.41, 5.74) is 1.83. The molecule has 110 valence electrons. The van der Waals surface area contributed by atoms with Crippen LogP contribution < -0.4 is 5.32 Å². The Labute approximate surface area is 123 Å². The molecule has 0 aliphatic rings. The Balaban J connectivity index is 1.92. The third-order valence-electron chi connectivity index (χ3n) is 3.41. The molecule has 21 heavy (non-hydrogen) atoms. The topological polar surface area (TPSA) is 75.4 Å². The maximum atomic E-state index is 10.6. The number of hydrogen-bond donors (Lipinski definition) is 2. The molecule has 0 amide bonds. The quantitative estimate of drug-likeness (QED) is 0.632. The zero-order valence-electron chi connectivity index (χ0n) is 11.8. The lowest BCUT2D eigenvalue weighted by molar-refractivity contribution is -0.384. The molecule has 0 saturated heterocycles. The van der Waals surface area contributed by atoms with Crippen molar-refractivity contribution >= 4 is 5.69 Å². The lowest BCUT2D eigenvalue weighted by atomic mass is 10.1. The number of aliphatic hydroxyl groups is 1. The van der Waals surface area contributed by atoms with Crippen LogP contribution in [0.5, 0.6) is 0 Å². The number of aliphatic hydroxyl groups excluding tert-OH is 1. The molecule has 0 aromatic heterocycles. The third kappa shape index (κ3) is 4.11. The summed E-state index contributed by atoms with van der Waals surface area (Å²) in [6, 6.07) is 16.0. The van der Waals surface area contributed by atoms with Crippen LogP contribution in [0.4, 0.5) is 5.69 Å². The minimum Gasteiger partial charge on any atom is -0.387 e. The highest BCUT2D eigenvalue weighted by molar-refractivity contribution is 5.33. The summed E-state index contributed by atoms with van der Waals surface area (Å²) in [6.45, 7) is 2.41. The van der Waals surface area contributed by atoms with Crippen LogP contribution in [-0.2, 0) is 0 Å². The number of nitrogens with zero attached hydrogens (tertiary/aromatic N) is 1. The van der Waals surface area contributed by atoms with E-state index in [1.165, 1.54) is 12.1 Å². The molecule has 5 nitrogen and oxygen atoms in total. The van der Waals surface area contributed by atoms with Crippen LogP contribution >= 0.6 is 0 Å². The van der Waals surface area contributed by atoms with Gasteiger partial charge >= 0.3 is 0 Å².